The van der Waals surface area contributed by atoms with Gasteiger partial charge in [0.15, 0.2) is 22.5 Å². The smallest absolute Gasteiger partial charge is 0.313 e. The molecule has 0 bridgehead atoms. The molecule has 0 saturated heterocycles. The predicted octanol–water partition coefficient (Wildman–Crippen LogP) is 3.14. The first-order valence-electron chi connectivity index (χ1n) is 8.24. The van der Waals surface area contributed by atoms with Crippen molar-refractivity contribution in [1.82, 2.24) is 14.8 Å². The average molecular weight is 401 g/mol. The summed E-state index contributed by atoms with van der Waals surface area (Å²) in [4.78, 5) is 11.0. The predicted molar refractivity (Wildman–Crippen MR) is 105 cm³/mol. The Kier molecular flexibility index (Phi) is 6.05. The molecule has 0 radical (unpaired) electrons. The van der Waals surface area contributed by atoms with Crippen molar-refractivity contribution >= 4 is 17.7 Å². The molecule has 0 aliphatic carbocycles. The lowest BCUT2D eigenvalue weighted by molar-refractivity contribution is -0.133. The molecule has 3 aromatic rings. The van der Waals surface area contributed by atoms with Gasteiger partial charge < -0.3 is 19.3 Å². The molecule has 1 heterocycles. The minimum Gasteiger partial charge on any atom is -0.497 e. The molecule has 146 valence electrons. The van der Waals surface area contributed by atoms with Gasteiger partial charge in [-0.3, -0.25) is 9.36 Å². The molecule has 0 fully saturated rings. The van der Waals surface area contributed by atoms with Crippen LogP contribution in [0.25, 0.3) is 17.1 Å². The van der Waals surface area contributed by atoms with E-state index in [1.807, 2.05) is 30.3 Å². The molecule has 0 amide bonds. The van der Waals surface area contributed by atoms with Gasteiger partial charge >= 0.3 is 5.97 Å². The van der Waals surface area contributed by atoms with Crippen molar-refractivity contribution in [3.63, 3.8) is 0 Å². The zero-order chi connectivity index (χ0) is 20.1. The number of rotatable bonds is 8. The second-order valence-corrected chi connectivity index (χ2v) is 6.53. The van der Waals surface area contributed by atoms with Crippen LogP contribution >= 0.6 is 11.8 Å². The zero-order valence-corrected chi connectivity index (χ0v) is 16.4. The summed E-state index contributed by atoms with van der Waals surface area (Å²) in [5, 5.41) is 18.0. The normalized spacial score (nSPS) is 10.5. The summed E-state index contributed by atoms with van der Waals surface area (Å²) in [7, 11) is 4.72. The Morgan fingerprint density at radius 2 is 1.71 bits per heavy atom. The number of carboxylic acid groups (broad SMARTS) is 1. The lowest BCUT2D eigenvalue weighted by atomic mass is 10.2. The van der Waals surface area contributed by atoms with Crippen LogP contribution in [0.2, 0.25) is 0 Å². The summed E-state index contributed by atoms with van der Waals surface area (Å²) < 4.78 is 17.7. The summed E-state index contributed by atoms with van der Waals surface area (Å²) >= 11 is 1.10. The maximum absolute atomic E-state index is 11.0. The van der Waals surface area contributed by atoms with E-state index in [0.717, 1.165) is 23.0 Å². The number of methoxy groups -OCH3 is 3. The fraction of sp³-hybridized carbons (Fsp3) is 0.211. The molecule has 1 N–H and O–H groups in total. The second kappa shape index (κ2) is 8.66. The highest BCUT2D eigenvalue weighted by molar-refractivity contribution is 7.99. The van der Waals surface area contributed by atoms with Crippen LogP contribution in [-0.4, -0.2) is 52.9 Å². The van der Waals surface area contributed by atoms with E-state index >= 15 is 0 Å². The maximum Gasteiger partial charge on any atom is 0.313 e. The van der Waals surface area contributed by atoms with Gasteiger partial charge in [-0.05, 0) is 42.5 Å². The summed E-state index contributed by atoms with van der Waals surface area (Å²) in [6.45, 7) is 0. The van der Waals surface area contributed by atoms with Crippen molar-refractivity contribution in [2.75, 3.05) is 27.1 Å². The van der Waals surface area contributed by atoms with Crippen LogP contribution in [0.15, 0.2) is 47.6 Å². The van der Waals surface area contributed by atoms with E-state index in [1.165, 1.54) is 0 Å². The van der Waals surface area contributed by atoms with Crippen molar-refractivity contribution in [1.29, 1.82) is 0 Å². The number of ether oxygens (including phenoxy) is 3. The number of benzene rings is 2. The molecule has 1 aromatic heterocycles. The van der Waals surface area contributed by atoms with Gasteiger partial charge in [0.2, 0.25) is 0 Å². The number of carbonyl (C=O) groups is 1. The van der Waals surface area contributed by atoms with Gasteiger partial charge in [-0.15, -0.1) is 10.2 Å². The molecule has 8 nitrogen and oxygen atoms in total. The molecule has 9 heteroatoms. The highest BCUT2D eigenvalue weighted by atomic mass is 32.2. The van der Waals surface area contributed by atoms with Crippen LogP contribution < -0.4 is 14.2 Å². The lowest BCUT2D eigenvalue weighted by Gasteiger charge is -2.12. The van der Waals surface area contributed by atoms with Crippen LogP contribution in [0.5, 0.6) is 17.2 Å². The topological polar surface area (TPSA) is 95.7 Å². The third-order valence-corrected chi connectivity index (χ3v) is 4.84. The maximum atomic E-state index is 11.0. The number of nitrogens with zero attached hydrogens (tertiary/aromatic N) is 3. The summed E-state index contributed by atoms with van der Waals surface area (Å²) in [5.41, 5.74) is 1.53. The van der Waals surface area contributed by atoms with Gasteiger partial charge in [0.1, 0.15) is 5.75 Å². The third-order valence-electron chi connectivity index (χ3n) is 3.93. The molecule has 28 heavy (non-hydrogen) atoms. The van der Waals surface area contributed by atoms with Crippen LogP contribution in [0.3, 0.4) is 0 Å². The molecule has 0 spiro atoms. The van der Waals surface area contributed by atoms with Crippen molar-refractivity contribution in [3.05, 3.63) is 42.5 Å². The quantitative estimate of drug-likeness (QED) is 0.575. The third kappa shape index (κ3) is 4.04. The van der Waals surface area contributed by atoms with Crippen molar-refractivity contribution < 1.29 is 24.1 Å². The van der Waals surface area contributed by atoms with E-state index in [1.54, 1.807) is 38.0 Å². The van der Waals surface area contributed by atoms with Crippen molar-refractivity contribution in [3.8, 4) is 34.3 Å². The molecule has 2 aromatic carbocycles. The van der Waals surface area contributed by atoms with Gasteiger partial charge in [-0.25, -0.2) is 0 Å². The van der Waals surface area contributed by atoms with E-state index in [4.69, 9.17) is 19.3 Å². The van der Waals surface area contributed by atoms with Gasteiger partial charge in [-0.2, -0.15) is 0 Å². The molecular formula is C19H19N3O5S. The van der Waals surface area contributed by atoms with Crippen LogP contribution in [-0.2, 0) is 4.79 Å². The molecule has 0 unspecified atom stereocenters. The highest BCUT2D eigenvalue weighted by Gasteiger charge is 2.18. The second-order valence-electron chi connectivity index (χ2n) is 5.59. The number of aromatic nitrogens is 3. The Hall–Kier alpha value is -3.20. The van der Waals surface area contributed by atoms with Crippen LogP contribution in [0.1, 0.15) is 0 Å². The average Bonchev–Trinajstić information content (AvgIpc) is 3.15. The van der Waals surface area contributed by atoms with Gasteiger partial charge in [0.05, 0.1) is 27.1 Å². The fourth-order valence-corrected chi connectivity index (χ4v) is 3.29. The van der Waals surface area contributed by atoms with E-state index in [9.17, 15) is 4.79 Å². The van der Waals surface area contributed by atoms with Crippen molar-refractivity contribution in [2.45, 2.75) is 5.16 Å². The standard InChI is InChI=1S/C19H19N3O5S/c1-25-14-7-5-13(6-8-14)22-18(20-21-19(22)28-11-17(23)24)12-4-9-15(26-2)16(10-12)27-3/h4-10H,11H2,1-3H3,(H,23,24). The molecular weight excluding hydrogens is 382 g/mol. The summed E-state index contributed by atoms with van der Waals surface area (Å²) in [6, 6.07) is 12.8. The monoisotopic (exact) mass is 401 g/mol. The van der Waals surface area contributed by atoms with Gasteiger partial charge in [-0.1, -0.05) is 11.8 Å². The van der Waals surface area contributed by atoms with E-state index < -0.39 is 5.97 Å². The highest BCUT2D eigenvalue weighted by Crippen LogP contribution is 2.34. The zero-order valence-electron chi connectivity index (χ0n) is 15.6. The Morgan fingerprint density at radius 1 is 1.00 bits per heavy atom. The minimum absolute atomic E-state index is 0.125. The molecule has 0 aliphatic rings. The van der Waals surface area contributed by atoms with Gasteiger partial charge in [0, 0.05) is 11.3 Å². The van der Waals surface area contributed by atoms with Crippen molar-refractivity contribution in [2.24, 2.45) is 0 Å². The summed E-state index contributed by atoms with van der Waals surface area (Å²) in [5.74, 6) is 1.37. The van der Waals surface area contributed by atoms with E-state index in [2.05, 4.69) is 10.2 Å². The van der Waals surface area contributed by atoms with Crippen LogP contribution in [0, 0.1) is 0 Å². The first-order chi connectivity index (χ1) is 13.6. The molecule has 3 rings (SSSR count). The van der Waals surface area contributed by atoms with E-state index in [-0.39, 0.29) is 5.75 Å². The van der Waals surface area contributed by atoms with Crippen LogP contribution in [0.4, 0.5) is 0 Å². The number of aliphatic carboxylic acids is 1. The summed E-state index contributed by atoms with van der Waals surface area (Å²) in [6.07, 6.45) is 0. The largest absolute Gasteiger partial charge is 0.497 e. The number of thioether (sulfide) groups is 1. The Labute approximate surface area is 166 Å². The SMILES string of the molecule is COc1ccc(-n2c(SCC(=O)O)nnc2-c2ccc(OC)c(OC)c2)cc1. The fourth-order valence-electron chi connectivity index (χ4n) is 2.62. The number of hydrogen-bond acceptors (Lipinski definition) is 7. The lowest BCUT2D eigenvalue weighted by Crippen LogP contribution is -2.03. The Morgan fingerprint density at radius 3 is 2.32 bits per heavy atom. The minimum atomic E-state index is -0.929. The Bertz CT molecular complexity index is 972. The number of hydrogen-bond donors (Lipinski definition) is 1. The Balaban J connectivity index is 2.11. The first-order valence-corrected chi connectivity index (χ1v) is 9.22. The van der Waals surface area contributed by atoms with Gasteiger partial charge in [0.25, 0.3) is 0 Å². The molecule has 0 aliphatic heterocycles. The molecule has 0 atom stereocenters. The van der Waals surface area contributed by atoms with E-state index in [0.29, 0.717) is 28.2 Å². The number of carboxylic acids is 1. The molecule has 0 saturated carbocycles. The first kappa shape index (κ1) is 19.6.